The van der Waals surface area contributed by atoms with E-state index in [0.717, 1.165) is 11.1 Å². The van der Waals surface area contributed by atoms with Gasteiger partial charge in [-0.2, -0.15) is 13.2 Å². The molecule has 0 aliphatic rings. The van der Waals surface area contributed by atoms with Gasteiger partial charge >= 0.3 is 6.18 Å². The number of carbonyl (C=O) groups excluding carboxylic acids is 1. The Morgan fingerprint density at radius 2 is 2.00 bits per heavy atom. The molecule has 0 atom stereocenters. The van der Waals surface area contributed by atoms with Crippen LogP contribution in [-0.2, 0) is 4.79 Å². The summed E-state index contributed by atoms with van der Waals surface area (Å²) in [5.74, 6) is -0.634. The lowest BCUT2D eigenvalue weighted by Gasteiger charge is -2.08. The Labute approximate surface area is 97.8 Å². The predicted octanol–water partition coefficient (Wildman–Crippen LogP) is 2.62. The highest BCUT2D eigenvalue weighted by Crippen LogP contribution is 2.13. The Morgan fingerprint density at radius 1 is 1.35 bits per heavy atom. The minimum atomic E-state index is -4.36. The van der Waals surface area contributed by atoms with E-state index in [1.807, 2.05) is 36.5 Å². The summed E-state index contributed by atoms with van der Waals surface area (Å²) in [4.78, 5) is 11.1. The van der Waals surface area contributed by atoms with Gasteiger partial charge in [-0.1, -0.05) is 24.3 Å². The SMILES string of the molecule is Cc1ccccc1[CH]CC(=O)NCC(F)(F)F. The van der Waals surface area contributed by atoms with Gasteiger partial charge in [-0.3, -0.25) is 4.79 Å². The molecule has 0 fully saturated rings. The van der Waals surface area contributed by atoms with E-state index in [2.05, 4.69) is 0 Å². The monoisotopic (exact) mass is 244 g/mol. The number of amides is 1. The minimum absolute atomic E-state index is 0.0546. The molecule has 1 aromatic carbocycles. The van der Waals surface area contributed by atoms with E-state index < -0.39 is 18.6 Å². The largest absolute Gasteiger partial charge is 0.405 e. The minimum Gasteiger partial charge on any atom is -0.347 e. The summed E-state index contributed by atoms with van der Waals surface area (Å²) in [6.45, 7) is 0.590. The molecule has 1 amide bonds. The maximum absolute atomic E-state index is 11.8. The van der Waals surface area contributed by atoms with Crippen LogP contribution in [0.15, 0.2) is 24.3 Å². The number of aryl methyl sites for hydroxylation is 1. The van der Waals surface area contributed by atoms with E-state index in [0.29, 0.717) is 0 Å². The van der Waals surface area contributed by atoms with E-state index in [-0.39, 0.29) is 6.42 Å². The van der Waals surface area contributed by atoms with Crippen LogP contribution < -0.4 is 5.32 Å². The number of nitrogens with one attached hydrogen (secondary N) is 1. The molecule has 93 valence electrons. The van der Waals surface area contributed by atoms with E-state index >= 15 is 0 Å². The van der Waals surface area contributed by atoms with Crippen LogP contribution in [0, 0.1) is 13.3 Å². The molecule has 2 nitrogen and oxygen atoms in total. The van der Waals surface area contributed by atoms with Crippen LogP contribution >= 0.6 is 0 Å². The predicted molar refractivity (Wildman–Crippen MR) is 58.3 cm³/mol. The Morgan fingerprint density at radius 3 is 2.59 bits per heavy atom. The molecule has 1 rings (SSSR count). The van der Waals surface area contributed by atoms with E-state index in [4.69, 9.17) is 0 Å². The van der Waals surface area contributed by atoms with Crippen molar-refractivity contribution in [2.24, 2.45) is 0 Å². The molecule has 1 aromatic rings. The summed E-state index contributed by atoms with van der Waals surface area (Å²) in [6.07, 6.45) is -2.81. The summed E-state index contributed by atoms with van der Waals surface area (Å²) in [5, 5.41) is 1.82. The standard InChI is InChI=1S/C12H13F3NO/c1-9-4-2-3-5-10(9)6-7-11(17)16-8-12(13,14)15/h2-6H,7-8H2,1H3,(H,16,17). The van der Waals surface area contributed by atoms with Gasteiger partial charge < -0.3 is 5.32 Å². The number of hydrogen-bond acceptors (Lipinski definition) is 1. The van der Waals surface area contributed by atoms with Gasteiger partial charge in [0, 0.05) is 12.8 Å². The molecule has 0 heterocycles. The summed E-state index contributed by atoms with van der Waals surface area (Å²) < 4.78 is 35.5. The summed E-state index contributed by atoms with van der Waals surface area (Å²) in [7, 11) is 0. The van der Waals surface area contributed by atoms with Gasteiger partial charge in [0.05, 0.1) is 0 Å². The molecule has 0 bridgehead atoms. The second kappa shape index (κ2) is 5.70. The molecule has 5 heteroatoms. The normalized spacial score (nSPS) is 11.3. The van der Waals surface area contributed by atoms with Gasteiger partial charge in [-0.05, 0) is 18.1 Å². The van der Waals surface area contributed by atoms with Crippen LogP contribution in [0.2, 0.25) is 0 Å². The maximum atomic E-state index is 11.8. The van der Waals surface area contributed by atoms with Crippen molar-refractivity contribution >= 4 is 5.91 Å². The number of hydrogen-bond donors (Lipinski definition) is 1. The highest BCUT2D eigenvalue weighted by atomic mass is 19.4. The van der Waals surface area contributed by atoms with Crippen molar-refractivity contribution in [3.63, 3.8) is 0 Å². The fourth-order valence-corrected chi connectivity index (χ4v) is 1.29. The Bertz CT molecular complexity index is 388. The topological polar surface area (TPSA) is 29.1 Å². The average molecular weight is 244 g/mol. The van der Waals surface area contributed by atoms with Crippen LogP contribution in [0.4, 0.5) is 13.2 Å². The second-order valence-corrected chi connectivity index (χ2v) is 3.66. The van der Waals surface area contributed by atoms with Gasteiger partial charge in [-0.15, -0.1) is 0 Å². The Kier molecular flexibility index (Phi) is 4.54. The third-order valence-corrected chi connectivity index (χ3v) is 2.18. The van der Waals surface area contributed by atoms with E-state index in [1.165, 1.54) is 0 Å². The lowest BCUT2D eigenvalue weighted by Crippen LogP contribution is -2.33. The zero-order valence-electron chi connectivity index (χ0n) is 9.34. The van der Waals surface area contributed by atoms with Crippen molar-refractivity contribution in [2.75, 3.05) is 6.54 Å². The molecule has 0 saturated carbocycles. The highest BCUT2D eigenvalue weighted by Gasteiger charge is 2.27. The maximum Gasteiger partial charge on any atom is 0.405 e. The first-order chi connectivity index (χ1) is 7.88. The summed E-state index contributed by atoms with van der Waals surface area (Å²) >= 11 is 0. The van der Waals surface area contributed by atoms with Crippen molar-refractivity contribution in [1.82, 2.24) is 5.32 Å². The third-order valence-electron chi connectivity index (χ3n) is 2.18. The van der Waals surface area contributed by atoms with Crippen LogP contribution in [-0.4, -0.2) is 18.6 Å². The van der Waals surface area contributed by atoms with Crippen LogP contribution in [0.3, 0.4) is 0 Å². The first-order valence-corrected chi connectivity index (χ1v) is 5.11. The van der Waals surface area contributed by atoms with E-state index in [1.54, 1.807) is 6.42 Å². The average Bonchev–Trinajstić information content (AvgIpc) is 2.24. The molecule has 0 unspecified atom stereocenters. The molecule has 17 heavy (non-hydrogen) atoms. The lowest BCUT2D eigenvalue weighted by molar-refractivity contribution is -0.138. The fraction of sp³-hybridized carbons (Fsp3) is 0.333. The Balaban J connectivity index is 2.36. The number of halogens is 3. The second-order valence-electron chi connectivity index (χ2n) is 3.66. The number of alkyl halides is 3. The molecule has 1 radical (unpaired) electrons. The third kappa shape index (κ3) is 5.38. The molecular weight excluding hydrogens is 231 g/mol. The first-order valence-electron chi connectivity index (χ1n) is 5.11. The first kappa shape index (κ1) is 13.5. The van der Waals surface area contributed by atoms with Gasteiger partial charge in [-0.25, -0.2) is 0 Å². The van der Waals surface area contributed by atoms with Gasteiger partial charge in [0.1, 0.15) is 6.54 Å². The van der Waals surface area contributed by atoms with Crippen molar-refractivity contribution in [3.05, 3.63) is 41.8 Å². The van der Waals surface area contributed by atoms with Crippen LogP contribution in [0.5, 0.6) is 0 Å². The zero-order chi connectivity index (χ0) is 12.9. The molecule has 0 aliphatic carbocycles. The van der Waals surface area contributed by atoms with Gasteiger partial charge in [0.2, 0.25) is 5.91 Å². The number of rotatable bonds is 4. The molecule has 0 saturated heterocycles. The quantitative estimate of drug-likeness (QED) is 0.866. The van der Waals surface area contributed by atoms with Gasteiger partial charge in [0.15, 0.2) is 0 Å². The van der Waals surface area contributed by atoms with Crippen LogP contribution in [0.25, 0.3) is 0 Å². The van der Waals surface area contributed by atoms with Crippen LogP contribution in [0.1, 0.15) is 17.5 Å². The van der Waals surface area contributed by atoms with E-state index in [9.17, 15) is 18.0 Å². The van der Waals surface area contributed by atoms with Crippen molar-refractivity contribution in [2.45, 2.75) is 19.5 Å². The van der Waals surface area contributed by atoms with Gasteiger partial charge in [0.25, 0.3) is 0 Å². The molecule has 0 aromatic heterocycles. The van der Waals surface area contributed by atoms with Crippen molar-refractivity contribution in [3.8, 4) is 0 Å². The number of benzene rings is 1. The molecular formula is C12H13F3NO. The highest BCUT2D eigenvalue weighted by molar-refractivity contribution is 5.77. The lowest BCUT2D eigenvalue weighted by atomic mass is 10.0. The van der Waals surface area contributed by atoms with Crippen molar-refractivity contribution < 1.29 is 18.0 Å². The molecule has 0 aliphatic heterocycles. The smallest absolute Gasteiger partial charge is 0.347 e. The van der Waals surface area contributed by atoms with Crippen molar-refractivity contribution in [1.29, 1.82) is 0 Å². The number of carbonyl (C=O) groups is 1. The molecule has 0 spiro atoms. The fourth-order valence-electron chi connectivity index (χ4n) is 1.29. The molecule has 1 N–H and O–H groups in total. The summed E-state index contributed by atoms with van der Waals surface area (Å²) in [6, 6.07) is 7.36. The summed E-state index contributed by atoms with van der Waals surface area (Å²) in [5.41, 5.74) is 1.84. The zero-order valence-corrected chi connectivity index (χ0v) is 9.34. The Hall–Kier alpha value is -1.52.